The lowest BCUT2D eigenvalue weighted by Gasteiger charge is -2.28. The van der Waals surface area contributed by atoms with Crippen LogP contribution in [0.15, 0.2) is 18.2 Å². The van der Waals surface area contributed by atoms with Crippen LogP contribution in [0.3, 0.4) is 0 Å². The molecule has 1 N–H and O–H groups in total. The highest BCUT2D eigenvalue weighted by atomic mass is 35.5. The molecule has 6 nitrogen and oxygen atoms in total. The van der Waals surface area contributed by atoms with Gasteiger partial charge in [0.05, 0.1) is 29.7 Å². The first-order chi connectivity index (χ1) is 12.4. The van der Waals surface area contributed by atoms with Gasteiger partial charge >= 0.3 is 0 Å². The van der Waals surface area contributed by atoms with E-state index < -0.39 is 9.84 Å². The van der Waals surface area contributed by atoms with E-state index in [0.29, 0.717) is 23.6 Å². The molecule has 3 rings (SSSR count). The molecule has 26 heavy (non-hydrogen) atoms. The molecule has 0 radical (unpaired) electrons. The first-order valence-electron chi connectivity index (χ1n) is 8.94. The molecular formula is C18H25ClN2O4S. The van der Waals surface area contributed by atoms with E-state index in [9.17, 15) is 13.2 Å². The maximum Gasteiger partial charge on any atom is 0.220 e. The fourth-order valence-electron chi connectivity index (χ4n) is 3.80. The van der Waals surface area contributed by atoms with Gasteiger partial charge in [0.2, 0.25) is 5.91 Å². The van der Waals surface area contributed by atoms with Crippen molar-refractivity contribution >= 4 is 27.3 Å². The van der Waals surface area contributed by atoms with E-state index in [1.807, 2.05) is 6.07 Å². The molecule has 1 amide bonds. The van der Waals surface area contributed by atoms with E-state index in [2.05, 4.69) is 10.2 Å². The van der Waals surface area contributed by atoms with Crippen LogP contribution < -0.4 is 10.1 Å². The highest BCUT2D eigenvalue weighted by molar-refractivity contribution is 7.91. The number of carbonyl (C=O) groups is 1. The smallest absolute Gasteiger partial charge is 0.220 e. The average molecular weight is 401 g/mol. The van der Waals surface area contributed by atoms with E-state index in [1.54, 1.807) is 19.2 Å². The number of nitrogens with one attached hydrogen (secondary N) is 1. The fourth-order valence-corrected chi connectivity index (χ4v) is 6.03. The predicted octanol–water partition coefficient (Wildman–Crippen LogP) is 1.66. The van der Waals surface area contributed by atoms with Crippen LogP contribution in [-0.4, -0.2) is 63.0 Å². The number of likely N-dealkylation sites (tertiary alicyclic amines) is 1. The van der Waals surface area contributed by atoms with Gasteiger partial charge in [-0.2, -0.15) is 0 Å². The van der Waals surface area contributed by atoms with Crippen molar-refractivity contribution in [3.8, 4) is 5.75 Å². The van der Waals surface area contributed by atoms with E-state index >= 15 is 0 Å². The number of sulfone groups is 1. The lowest BCUT2D eigenvalue weighted by Crippen LogP contribution is -2.50. The van der Waals surface area contributed by atoms with Crippen LogP contribution >= 0.6 is 11.6 Å². The molecule has 0 bridgehead atoms. The Labute approximate surface area is 159 Å². The Balaban J connectivity index is 1.57. The van der Waals surface area contributed by atoms with E-state index in [0.717, 1.165) is 31.5 Å². The predicted molar refractivity (Wildman–Crippen MR) is 102 cm³/mol. The van der Waals surface area contributed by atoms with Crippen LogP contribution in [0.4, 0.5) is 0 Å². The molecule has 2 heterocycles. The number of amides is 1. The molecule has 2 aliphatic heterocycles. The van der Waals surface area contributed by atoms with Crippen LogP contribution in [0.2, 0.25) is 5.02 Å². The minimum Gasteiger partial charge on any atom is -0.495 e. The second kappa shape index (κ2) is 8.15. The summed E-state index contributed by atoms with van der Waals surface area (Å²) in [5.74, 6) is 0.660. The molecule has 1 aromatic rings. The maximum atomic E-state index is 12.4. The Morgan fingerprint density at radius 1 is 1.31 bits per heavy atom. The van der Waals surface area contributed by atoms with Crippen molar-refractivity contribution in [2.24, 2.45) is 0 Å². The number of aryl methyl sites for hydroxylation is 1. The summed E-state index contributed by atoms with van der Waals surface area (Å²) in [4.78, 5) is 14.6. The van der Waals surface area contributed by atoms with Crippen molar-refractivity contribution in [2.75, 3.05) is 31.7 Å². The third-order valence-electron chi connectivity index (χ3n) is 5.14. The maximum absolute atomic E-state index is 12.4. The molecule has 2 atom stereocenters. The summed E-state index contributed by atoms with van der Waals surface area (Å²) in [7, 11) is -1.54. The summed E-state index contributed by atoms with van der Waals surface area (Å²) in [6.07, 6.45) is 3.03. The largest absolute Gasteiger partial charge is 0.495 e. The van der Waals surface area contributed by atoms with Crippen LogP contribution in [-0.2, 0) is 21.1 Å². The number of ether oxygens (including phenoxy) is 1. The van der Waals surface area contributed by atoms with Gasteiger partial charge in [-0.25, -0.2) is 8.42 Å². The third kappa shape index (κ3) is 4.69. The van der Waals surface area contributed by atoms with Crippen molar-refractivity contribution in [1.82, 2.24) is 10.2 Å². The quantitative estimate of drug-likeness (QED) is 0.785. The van der Waals surface area contributed by atoms with Gasteiger partial charge in [-0.3, -0.25) is 9.69 Å². The normalized spacial score (nSPS) is 25.3. The van der Waals surface area contributed by atoms with Gasteiger partial charge in [0, 0.05) is 12.5 Å². The van der Waals surface area contributed by atoms with Gasteiger partial charge in [-0.05, 0) is 50.0 Å². The van der Waals surface area contributed by atoms with E-state index in [4.69, 9.17) is 16.3 Å². The first-order valence-corrected chi connectivity index (χ1v) is 11.1. The summed E-state index contributed by atoms with van der Waals surface area (Å²) in [6.45, 7) is 1.83. The molecule has 2 fully saturated rings. The van der Waals surface area contributed by atoms with Gasteiger partial charge in [-0.1, -0.05) is 17.7 Å². The van der Waals surface area contributed by atoms with Gasteiger partial charge < -0.3 is 10.1 Å². The van der Waals surface area contributed by atoms with Crippen molar-refractivity contribution in [1.29, 1.82) is 0 Å². The first kappa shape index (κ1) is 19.5. The molecule has 0 saturated carbocycles. The molecule has 144 valence electrons. The molecule has 2 aliphatic rings. The number of benzene rings is 1. The molecule has 1 aromatic carbocycles. The minimum atomic E-state index is -3.10. The highest BCUT2D eigenvalue weighted by Crippen LogP contribution is 2.26. The number of hydrogen-bond donors (Lipinski definition) is 1. The number of methoxy groups -OCH3 is 1. The Morgan fingerprint density at radius 2 is 2.04 bits per heavy atom. The Kier molecular flexibility index (Phi) is 6.10. The zero-order valence-corrected chi connectivity index (χ0v) is 16.5. The van der Waals surface area contributed by atoms with Gasteiger partial charge in [0.15, 0.2) is 9.84 Å². The van der Waals surface area contributed by atoms with Crippen molar-refractivity contribution in [3.63, 3.8) is 0 Å². The average Bonchev–Trinajstić information content (AvgIpc) is 3.20. The SMILES string of the molecule is COc1ccc(CCC(=O)NC2CS(=O)(=O)CC2N2CCCC2)cc1Cl. The molecule has 0 aliphatic carbocycles. The summed E-state index contributed by atoms with van der Waals surface area (Å²) < 4.78 is 29.2. The third-order valence-corrected chi connectivity index (χ3v) is 7.15. The molecule has 0 aromatic heterocycles. The number of nitrogens with zero attached hydrogens (tertiary/aromatic N) is 1. The second-order valence-electron chi connectivity index (χ2n) is 7.03. The topological polar surface area (TPSA) is 75.7 Å². The van der Waals surface area contributed by atoms with Crippen LogP contribution in [0, 0.1) is 0 Å². The standard InChI is InChI=1S/C18H25ClN2O4S/c1-25-17-6-4-13(10-14(17)19)5-7-18(22)20-15-11-26(23,24)12-16(15)21-8-2-3-9-21/h4,6,10,15-16H,2-3,5,7-9,11-12H2,1H3,(H,20,22). The summed E-state index contributed by atoms with van der Waals surface area (Å²) in [5, 5.41) is 3.47. The van der Waals surface area contributed by atoms with E-state index in [1.165, 1.54) is 0 Å². The number of rotatable bonds is 6. The Morgan fingerprint density at radius 3 is 2.69 bits per heavy atom. The number of hydrogen-bond acceptors (Lipinski definition) is 5. The Bertz CT molecular complexity index is 762. The summed E-state index contributed by atoms with van der Waals surface area (Å²) in [6, 6.07) is 5.04. The molecule has 2 unspecified atom stereocenters. The van der Waals surface area contributed by atoms with Crippen molar-refractivity contribution < 1.29 is 17.9 Å². The van der Waals surface area contributed by atoms with Crippen molar-refractivity contribution in [3.05, 3.63) is 28.8 Å². The van der Waals surface area contributed by atoms with E-state index in [-0.39, 0.29) is 29.5 Å². The van der Waals surface area contributed by atoms with Gasteiger partial charge in [0.25, 0.3) is 0 Å². The molecule has 0 spiro atoms. The lowest BCUT2D eigenvalue weighted by molar-refractivity contribution is -0.121. The van der Waals surface area contributed by atoms with Crippen molar-refractivity contribution in [2.45, 2.75) is 37.8 Å². The second-order valence-corrected chi connectivity index (χ2v) is 9.59. The van der Waals surface area contributed by atoms with Crippen LogP contribution in [0.5, 0.6) is 5.75 Å². The van der Waals surface area contributed by atoms with Crippen LogP contribution in [0.1, 0.15) is 24.8 Å². The minimum absolute atomic E-state index is 0.0360. The Hall–Kier alpha value is -1.31. The molecule has 2 saturated heterocycles. The van der Waals surface area contributed by atoms with Crippen LogP contribution in [0.25, 0.3) is 0 Å². The number of carbonyl (C=O) groups excluding carboxylic acids is 1. The zero-order valence-electron chi connectivity index (χ0n) is 14.9. The lowest BCUT2D eigenvalue weighted by atomic mass is 10.1. The molecular weight excluding hydrogens is 376 g/mol. The summed E-state index contributed by atoms with van der Waals surface area (Å²) in [5.41, 5.74) is 0.945. The zero-order chi connectivity index (χ0) is 18.7. The molecule has 8 heteroatoms. The van der Waals surface area contributed by atoms with Gasteiger partial charge in [0.1, 0.15) is 5.75 Å². The highest BCUT2D eigenvalue weighted by Gasteiger charge is 2.42. The summed E-state index contributed by atoms with van der Waals surface area (Å²) >= 11 is 6.11. The monoisotopic (exact) mass is 400 g/mol. The fraction of sp³-hybridized carbons (Fsp3) is 0.611. The number of halogens is 1. The van der Waals surface area contributed by atoms with Gasteiger partial charge in [-0.15, -0.1) is 0 Å².